The summed E-state index contributed by atoms with van der Waals surface area (Å²) in [5, 5.41) is 7.46. The number of piperidine rings is 1. The Hall–Kier alpha value is -2.49. The normalized spacial score (nSPS) is 15.4. The summed E-state index contributed by atoms with van der Waals surface area (Å²) in [6, 6.07) is 12.1. The van der Waals surface area contributed by atoms with Crippen LogP contribution in [0.25, 0.3) is 5.69 Å². The first-order chi connectivity index (χ1) is 13.5. The molecule has 1 amide bonds. The van der Waals surface area contributed by atoms with Crippen molar-refractivity contribution < 1.29 is 13.2 Å². The first kappa shape index (κ1) is 18.9. The molecule has 0 saturated carbocycles. The fourth-order valence-electron chi connectivity index (χ4n) is 3.15. The summed E-state index contributed by atoms with van der Waals surface area (Å²) in [5.74, 6) is -0.294. The van der Waals surface area contributed by atoms with Crippen molar-refractivity contribution in [2.75, 3.05) is 18.4 Å². The molecule has 9 heteroatoms. The Labute approximate surface area is 167 Å². The van der Waals surface area contributed by atoms with E-state index in [2.05, 4.69) is 10.4 Å². The van der Waals surface area contributed by atoms with Crippen LogP contribution in [-0.2, 0) is 10.0 Å². The van der Waals surface area contributed by atoms with E-state index in [1.807, 2.05) is 12.1 Å². The Bertz CT molecular complexity index is 1070. The summed E-state index contributed by atoms with van der Waals surface area (Å²) in [5.41, 5.74) is 1.25. The number of carbonyl (C=O) groups excluding carboxylic acids is 1. The molecule has 0 bridgehead atoms. The maximum atomic E-state index is 12.7. The molecule has 1 N–H and O–H groups in total. The summed E-state index contributed by atoms with van der Waals surface area (Å²) in [6.45, 7) is 1.12. The smallest absolute Gasteiger partial charge is 0.256 e. The van der Waals surface area contributed by atoms with Crippen molar-refractivity contribution in [2.45, 2.75) is 23.5 Å². The molecule has 3 aromatic rings. The highest BCUT2D eigenvalue weighted by molar-refractivity contribution is 7.91. The van der Waals surface area contributed by atoms with Crippen LogP contribution in [0.3, 0.4) is 0 Å². The van der Waals surface area contributed by atoms with E-state index in [0.29, 0.717) is 23.7 Å². The van der Waals surface area contributed by atoms with Crippen LogP contribution in [0.2, 0.25) is 0 Å². The van der Waals surface area contributed by atoms with E-state index >= 15 is 0 Å². The van der Waals surface area contributed by atoms with Crippen molar-refractivity contribution in [1.29, 1.82) is 0 Å². The van der Waals surface area contributed by atoms with Gasteiger partial charge in [0.25, 0.3) is 15.9 Å². The molecule has 0 spiro atoms. The molecule has 3 heterocycles. The fourth-order valence-corrected chi connectivity index (χ4v) is 6.03. The van der Waals surface area contributed by atoms with E-state index in [1.54, 1.807) is 47.4 Å². The highest BCUT2D eigenvalue weighted by Crippen LogP contribution is 2.30. The number of carbonyl (C=O) groups is 1. The second-order valence-corrected chi connectivity index (χ2v) is 9.79. The van der Waals surface area contributed by atoms with Gasteiger partial charge in [0.1, 0.15) is 4.21 Å². The summed E-state index contributed by atoms with van der Waals surface area (Å²) in [6.07, 6.45) is 6.31. The Kier molecular flexibility index (Phi) is 5.29. The van der Waals surface area contributed by atoms with Crippen LogP contribution in [0.1, 0.15) is 29.6 Å². The third-order valence-electron chi connectivity index (χ3n) is 4.60. The number of rotatable bonds is 5. The largest absolute Gasteiger partial charge is 0.314 e. The minimum atomic E-state index is -3.49. The van der Waals surface area contributed by atoms with Gasteiger partial charge in [0.05, 0.1) is 10.7 Å². The zero-order valence-electron chi connectivity index (χ0n) is 15.1. The zero-order valence-corrected chi connectivity index (χ0v) is 16.7. The summed E-state index contributed by atoms with van der Waals surface area (Å²) in [7, 11) is -3.49. The third-order valence-corrected chi connectivity index (χ3v) is 7.97. The fraction of sp³-hybridized carbons (Fsp3) is 0.263. The molecular formula is C19H20N4O3S2. The number of nitrogens with one attached hydrogen (secondary N) is 1. The average Bonchev–Trinajstić information content (AvgIpc) is 3.41. The van der Waals surface area contributed by atoms with Crippen molar-refractivity contribution in [1.82, 2.24) is 14.1 Å². The molecule has 0 radical (unpaired) electrons. The highest BCUT2D eigenvalue weighted by Gasteiger charge is 2.27. The minimum Gasteiger partial charge on any atom is -0.314 e. The van der Waals surface area contributed by atoms with Crippen LogP contribution in [0, 0.1) is 0 Å². The van der Waals surface area contributed by atoms with Crippen LogP contribution < -0.4 is 5.32 Å². The van der Waals surface area contributed by atoms with Crippen LogP contribution in [-0.4, -0.2) is 41.5 Å². The molecule has 1 aliphatic heterocycles. The first-order valence-corrected chi connectivity index (χ1v) is 11.3. The predicted octanol–water partition coefficient (Wildman–Crippen LogP) is 3.36. The lowest BCUT2D eigenvalue weighted by atomic mass is 10.2. The molecule has 1 aliphatic rings. The van der Waals surface area contributed by atoms with Gasteiger partial charge in [-0.2, -0.15) is 9.40 Å². The van der Waals surface area contributed by atoms with Crippen LogP contribution >= 0.6 is 11.3 Å². The zero-order chi connectivity index (χ0) is 19.6. The summed E-state index contributed by atoms with van der Waals surface area (Å²) >= 11 is 1.08. The number of amides is 1. The predicted molar refractivity (Wildman–Crippen MR) is 108 cm³/mol. The number of sulfonamides is 1. The van der Waals surface area contributed by atoms with E-state index in [-0.39, 0.29) is 10.1 Å². The van der Waals surface area contributed by atoms with Gasteiger partial charge in [0.15, 0.2) is 0 Å². The Morgan fingerprint density at radius 1 is 1.07 bits per heavy atom. The van der Waals surface area contributed by atoms with E-state index < -0.39 is 10.0 Å². The molecule has 7 nitrogen and oxygen atoms in total. The van der Waals surface area contributed by atoms with Crippen LogP contribution in [0.15, 0.2) is 59.1 Å². The lowest BCUT2D eigenvalue weighted by molar-refractivity contribution is 0.102. The molecule has 0 aliphatic carbocycles. The SMILES string of the molecule is O=C(Nc1ccc(S(=O)(=O)N2CCCCC2)s1)c1cccc(-n2cccn2)c1. The maximum Gasteiger partial charge on any atom is 0.256 e. The van der Waals surface area contributed by atoms with Gasteiger partial charge in [-0.15, -0.1) is 11.3 Å². The van der Waals surface area contributed by atoms with Gasteiger partial charge in [0.2, 0.25) is 0 Å². The lowest BCUT2D eigenvalue weighted by Crippen LogP contribution is -2.35. The molecule has 0 atom stereocenters. The third kappa shape index (κ3) is 3.87. The molecule has 146 valence electrons. The topological polar surface area (TPSA) is 84.3 Å². The van der Waals surface area contributed by atoms with Gasteiger partial charge in [0, 0.05) is 31.0 Å². The number of hydrogen-bond donors (Lipinski definition) is 1. The van der Waals surface area contributed by atoms with Crippen molar-refractivity contribution in [2.24, 2.45) is 0 Å². The minimum absolute atomic E-state index is 0.259. The Morgan fingerprint density at radius 2 is 1.89 bits per heavy atom. The number of aromatic nitrogens is 2. The van der Waals surface area contributed by atoms with E-state index in [0.717, 1.165) is 36.3 Å². The molecule has 2 aromatic heterocycles. The second kappa shape index (κ2) is 7.86. The quantitative estimate of drug-likeness (QED) is 0.691. The molecule has 1 fully saturated rings. The number of nitrogens with zero attached hydrogens (tertiary/aromatic N) is 3. The molecule has 1 aromatic carbocycles. The van der Waals surface area contributed by atoms with Gasteiger partial charge in [-0.05, 0) is 49.2 Å². The number of hydrogen-bond acceptors (Lipinski definition) is 5. The first-order valence-electron chi connectivity index (χ1n) is 9.05. The summed E-state index contributed by atoms with van der Waals surface area (Å²) < 4.78 is 29.0. The standard InChI is InChI=1S/C19H20N4O3S2/c24-19(15-6-4-7-16(14-15)23-13-5-10-20-23)21-17-8-9-18(27-17)28(25,26)22-11-2-1-3-12-22/h4-10,13-14H,1-3,11-12H2,(H,21,24). The van der Waals surface area contributed by atoms with Gasteiger partial charge in [-0.3, -0.25) is 4.79 Å². The van der Waals surface area contributed by atoms with Crippen molar-refractivity contribution in [3.8, 4) is 5.69 Å². The molecule has 1 saturated heterocycles. The molecule has 28 heavy (non-hydrogen) atoms. The molecule has 0 unspecified atom stereocenters. The number of anilines is 1. The number of thiophene rings is 1. The van der Waals surface area contributed by atoms with Gasteiger partial charge in [-0.25, -0.2) is 13.1 Å². The Morgan fingerprint density at radius 3 is 2.64 bits per heavy atom. The van der Waals surface area contributed by atoms with E-state index in [1.165, 1.54) is 4.31 Å². The van der Waals surface area contributed by atoms with Gasteiger partial charge in [-0.1, -0.05) is 12.5 Å². The number of benzene rings is 1. The summed E-state index contributed by atoms with van der Waals surface area (Å²) in [4.78, 5) is 12.6. The lowest BCUT2D eigenvalue weighted by Gasteiger charge is -2.25. The van der Waals surface area contributed by atoms with Crippen LogP contribution in [0.5, 0.6) is 0 Å². The van der Waals surface area contributed by atoms with Crippen molar-refractivity contribution in [3.05, 3.63) is 60.4 Å². The van der Waals surface area contributed by atoms with Gasteiger partial charge < -0.3 is 5.32 Å². The average molecular weight is 417 g/mol. The molecular weight excluding hydrogens is 396 g/mol. The van der Waals surface area contributed by atoms with Crippen molar-refractivity contribution in [3.63, 3.8) is 0 Å². The van der Waals surface area contributed by atoms with Gasteiger partial charge >= 0.3 is 0 Å². The van der Waals surface area contributed by atoms with Crippen LogP contribution in [0.4, 0.5) is 5.00 Å². The highest BCUT2D eigenvalue weighted by atomic mass is 32.2. The molecule has 4 rings (SSSR count). The second-order valence-electron chi connectivity index (χ2n) is 6.54. The monoisotopic (exact) mass is 416 g/mol. The van der Waals surface area contributed by atoms with E-state index in [4.69, 9.17) is 0 Å². The van der Waals surface area contributed by atoms with Crippen molar-refractivity contribution >= 4 is 32.3 Å². The van der Waals surface area contributed by atoms with E-state index in [9.17, 15) is 13.2 Å². The maximum absolute atomic E-state index is 12.7. The Balaban J connectivity index is 1.50.